The molecule has 0 fully saturated rings. The highest BCUT2D eigenvalue weighted by atomic mass is 35.5. The van der Waals surface area contributed by atoms with Crippen molar-refractivity contribution in [3.8, 4) is 0 Å². The Bertz CT molecular complexity index is 502. The van der Waals surface area contributed by atoms with Gasteiger partial charge in [0.25, 0.3) is 0 Å². The van der Waals surface area contributed by atoms with Crippen LogP contribution in [-0.2, 0) is 4.79 Å². The maximum Gasteiger partial charge on any atom is 0.237 e. The third-order valence-electron chi connectivity index (χ3n) is 2.94. The van der Waals surface area contributed by atoms with Gasteiger partial charge in [-0.2, -0.15) is 0 Å². The lowest BCUT2D eigenvalue weighted by atomic mass is 10.2. The molecule has 90 valence electrons. The summed E-state index contributed by atoms with van der Waals surface area (Å²) in [6.45, 7) is 1.92. The van der Waals surface area contributed by atoms with Crippen molar-refractivity contribution >= 4 is 28.5 Å². The van der Waals surface area contributed by atoms with E-state index in [0.29, 0.717) is 0 Å². The Kier molecular flexibility index (Phi) is 3.38. The zero-order chi connectivity index (χ0) is 12.4. The maximum atomic E-state index is 11.5. The van der Waals surface area contributed by atoms with Crippen LogP contribution in [0.15, 0.2) is 34.7 Å². The van der Waals surface area contributed by atoms with E-state index < -0.39 is 0 Å². The standard InChI is InChI=1S/C13H14ClNO2/c1-9(15(2)13(16)8-14)12-7-10-5-3-4-6-11(10)17-12/h3-7,9H,8H2,1-2H3/t9-/m1/s1. The van der Waals surface area contributed by atoms with Gasteiger partial charge >= 0.3 is 0 Å². The molecule has 2 aromatic rings. The second kappa shape index (κ2) is 4.80. The van der Waals surface area contributed by atoms with Crippen LogP contribution >= 0.6 is 11.6 Å². The fourth-order valence-electron chi connectivity index (χ4n) is 1.71. The lowest BCUT2D eigenvalue weighted by molar-refractivity contribution is -0.129. The summed E-state index contributed by atoms with van der Waals surface area (Å²) >= 11 is 5.54. The van der Waals surface area contributed by atoms with Gasteiger partial charge in [0.2, 0.25) is 5.91 Å². The van der Waals surface area contributed by atoms with E-state index in [1.54, 1.807) is 11.9 Å². The molecule has 1 amide bonds. The highest BCUT2D eigenvalue weighted by Gasteiger charge is 2.19. The van der Waals surface area contributed by atoms with Gasteiger partial charge in [-0.1, -0.05) is 18.2 Å². The second-order valence-corrected chi connectivity index (χ2v) is 4.27. The number of benzene rings is 1. The van der Waals surface area contributed by atoms with Crippen molar-refractivity contribution in [2.24, 2.45) is 0 Å². The first-order valence-electron chi connectivity index (χ1n) is 5.43. The molecule has 0 unspecified atom stereocenters. The van der Waals surface area contributed by atoms with Crippen LogP contribution in [0.1, 0.15) is 18.7 Å². The van der Waals surface area contributed by atoms with Gasteiger partial charge in [0.1, 0.15) is 17.2 Å². The summed E-state index contributed by atoms with van der Waals surface area (Å²) < 4.78 is 5.71. The minimum atomic E-state index is -0.117. The summed E-state index contributed by atoms with van der Waals surface area (Å²) in [5.41, 5.74) is 0.834. The first-order chi connectivity index (χ1) is 8.13. The maximum absolute atomic E-state index is 11.5. The van der Waals surface area contributed by atoms with Crippen LogP contribution in [0.5, 0.6) is 0 Å². The number of fused-ring (bicyclic) bond motifs is 1. The normalized spacial score (nSPS) is 12.6. The zero-order valence-corrected chi connectivity index (χ0v) is 10.6. The van der Waals surface area contributed by atoms with Crippen molar-refractivity contribution < 1.29 is 9.21 Å². The molecule has 3 nitrogen and oxygen atoms in total. The smallest absolute Gasteiger partial charge is 0.237 e. The number of furan rings is 1. The van der Waals surface area contributed by atoms with Gasteiger partial charge in [0, 0.05) is 12.4 Å². The van der Waals surface area contributed by atoms with E-state index in [2.05, 4.69) is 0 Å². The molecule has 0 radical (unpaired) electrons. The van der Waals surface area contributed by atoms with Crippen LogP contribution in [0.25, 0.3) is 11.0 Å². The lowest BCUT2D eigenvalue weighted by Gasteiger charge is -2.22. The third kappa shape index (κ3) is 2.29. The van der Waals surface area contributed by atoms with Crippen LogP contribution in [0.2, 0.25) is 0 Å². The third-order valence-corrected chi connectivity index (χ3v) is 3.17. The summed E-state index contributed by atoms with van der Waals surface area (Å²) in [5, 5.41) is 1.04. The van der Waals surface area contributed by atoms with E-state index in [1.807, 2.05) is 37.3 Å². The van der Waals surface area contributed by atoms with Crippen molar-refractivity contribution in [2.75, 3.05) is 12.9 Å². The fraction of sp³-hybridized carbons (Fsp3) is 0.308. The molecule has 1 aromatic carbocycles. The molecule has 0 spiro atoms. The molecule has 0 bridgehead atoms. The van der Waals surface area contributed by atoms with E-state index >= 15 is 0 Å². The van der Waals surface area contributed by atoms with Gasteiger partial charge in [0.05, 0.1) is 6.04 Å². The minimum Gasteiger partial charge on any atom is -0.459 e. The van der Waals surface area contributed by atoms with Gasteiger partial charge in [-0.15, -0.1) is 11.6 Å². The van der Waals surface area contributed by atoms with Crippen LogP contribution < -0.4 is 0 Å². The number of halogens is 1. The SMILES string of the molecule is C[C@H](c1cc2ccccc2o1)N(C)C(=O)CCl. The minimum absolute atomic E-state index is 0.0128. The summed E-state index contributed by atoms with van der Waals surface area (Å²) in [6, 6.07) is 9.62. The number of carbonyl (C=O) groups excluding carboxylic acids is 1. The van der Waals surface area contributed by atoms with Crippen LogP contribution in [-0.4, -0.2) is 23.7 Å². The average molecular weight is 252 g/mol. The van der Waals surface area contributed by atoms with Gasteiger partial charge < -0.3 is 9.32 Å². The Hall–Kier alpha value is -1.48. The van der Waals surface area contributed by atoms with Gasteiger partial charge in [-0.3, -0.25) is 4.79 Å². The summed E-state index contributed by atoms with van der Waals surface area (Å²) in [6.07, 6.45) is 0. The molecule has 0 aliphatic rings. The zero-order valence-electron chi connectivity index (χ0n) is 9.81. The molecule has 0 aliphatic heterocycles. The molecule has 1 heterocycles. The first-order valence-corrected chi connectivity index (χ1v) is 5.97. The van der Waals surface area contributed by atoms with E-state index in [4.69, 9.17) is 16.0 Å². The first kappa shape index (κ1) is 12.0. The average Bonchev–Trinajstić information content (AvgIpc) is 2.79. The number of nitrogens with zero attached hydrogens (tertiary/aromatic N) is 1. The summed E-state index contributed by atoms with van der Waals surface area (Å²) in [7, 11) is 1.72. The number of amides is 1. The van der Waals surface area contributed by atoms with Crippen LogP contribution in [0, 0.1) is 0 Å². The second-order valence-electron chi connectivity index (χ2n) is 4.00. The molecule has 0 N–H and O–H groups in total. The monoisotopic (exact) mass is 251 g/mol. The molecule has 17 heavy (non-hydrogen) atoms. The highest BCUT2D eigenvalue weighted by molar-refractivity contribution is 6.27. The number of para-hydroxylation sites is 1. The number of rotatable bonds is 3. The van der Waals surface area contributed by atoms with Crippen molar-refractivity contribution in [1.82, 2.24) is 4.90 Å². The Labute approximate surface area is 105 Å². The number of hydrogen-bond acceptors (Lipinski definition) is 2. The summed E-state index contributed by atoms with van der Waals surface area (Å²) in [4.78, 5) is 13.1. The Morgan fingerprint density at radius 1 is 1.47 bits per heavy atom. The topological polar surface area (TPSA) is 33.5 Å². The van der Waals surface area contributed by atoms with Crippen molar-refractivity contribution in [2.45, 2.75) is 13.0 Å². The number of hydrogen-bond donors (Lipinski definition) is 0. The molecule has 2 rings (SSSR count). The largest absolute Gasteiger partial charge is 0.459 e. The molecule has 0 aliphatic carbocycles. The van der Waals surface area contributed by atoms with Crippen LogP contribution in [0.3, 0.4) is 0 Å². The van der Waals surface area contributed by atoms with E-state index in [1.165, 1.54) is 0 Å². The Morgan fingerprint density at radius 2 is 2.18 bits per heavy atom. The fourth-order valence-corrected chi connectivity index (χ4v) is 1.90. The predicted octanol–water partition coefficient (Wildman–Crippen LogP) is 3.19. The molecule has 1 aromatic heterocycles. The van der Waals surface area contributed by atoms with E-state index in [0.717, 1.165) is 16.7 Å². The van der Waals surface area contributed by atoms with Gasteiger partial charge in [0.15, 0.2) is 0 Å². The number of carbonyl (C=O) groups is 1. The molecular weight excluding hydrogens is 238 g/mol. The number of alkyl halides is 1. The Morgan fingerprint density at radius 3 is 2.82 bits per heavy atom. The van der Waals surface area contributed by atoms with Crippen molar-refractivity contribution in [3.05, 3.63) is 36.1 Å². The molecule has 4 heteroatoms. The summed E-state index contributed by atoms with van der Waals surface area (Å²) in [5.74, 6) is 0.646. The quantitative estimate of drug-likeness (QED) is 0.785. The molecular formula is C13H14ClNO2. The van der Waals surface area contributed by atoms with Crippen molar-refractivity contribution in [3.63, 3.8) is 0 Å². The van der Waals surface area contributed by atoms with E-state index in [9.17, 15) is 4.79 Å². The van der Waals surface area contributed by atoms with E-state index in [-0.39, 0.29) is 17.8 Å². The lowest BCUT2D eigenvalue weighted by Crippen LogP contribution is -2.30. The molecule has 1 atom stereocenters. The molecule has 0 saturated heterocycles. The highest BCUT2D eigenvalue weighted by Crippen LogP contribution is 2.26. The Balaban J connectivity index is 2.30. The van der Waals surface area contributed by atoms with Crippen molar-refractivity contribution in [1.29, 1.82) is 0 Å². The van der Waals surface area contributed by atoms with Gasteiger partial charge in [-0.25, -0.2) is 0 Å². The molecule has 0 saturated carbocycles. The van der Waals surface area contributed by atoms with Gasteiger partial charge in [-0.05, 0) is 19.1 Å². The van der Waals surface area contributed by atoms with Crippen LogP contribution in [0.4, 0.5) is 0 Å². The predicted molar refractivity (Wildman–Crippen MR) is 68.1 cm³/mol.